The van der Waals surface area contributed by atoms with Gasteiger partial charge >= 0.3 is 11.6 Å². The minimum Gasteiger partial charge on any atom is -0.497 e. The summed E-state index contributed by atoms with van der Waals surface area (Å²) in [7, 11) is 3.13. The van der Waals surface area contributed by atoms with E-state index in [1.807, 2.05) is 19.9 Å². The fourth-order valence-corrected chi connectivity index (χ4v) is 3.67. The van der Waals surface area contributed by atoms with Gasteiger partial charge < -0.3 is 23.4 Å². The summed E-state index contributed by atoms with van der Waals surface area (Å²) in [6.45, 7) is 3.71. The number of carbonyl (C=O) groups excluding carboxylic acids is 1. The Morgan fingerprint density at radius 1 is 1.09 bits per heavy atom. The maximum atomic E-state index is 12.6. The van der Waals surface area contributed by atoms with Crippen LogP contribution in [0.1, 0.15) is 25.0 Å². The fourth-order valence-electron chi connectivity index (χ4n) is 3.67. The van der Waals surface area contributed by atoms with E-state index in [9.17, 15) is 9.59 Å². The molecule has 4 rings (SSSR count). The van der Waals surface area contributed by atoms with Crippen molar-refractivity contribution in [3.05, 3.63) is 70.1 Å². The largest absolute Gasteiger partial charge is 0.497 e. The molecule has 0 N–H and O–H groups in total. The van der Waals surface area contributed by atoms with Crippen LogP contribution in [0.15, 0.2) is 57.8 Å². The lowest BCUT2D eigenvalue weighted by Gasteiger charge is -2.39. The number of fused-ring (bicyclic) bond motifs is 2. The summed E-state index contributed by atoms with van der Waals surface area (Å²) < 4.78 is 27.6. The van der Waals surface area contributed by atoms with Crippen LogP contribution < -0.4 is 19.8 Å². The molecule has 0 saturated heterocycles. The van der Waals surface area contributed by atoms with Crippen LogP contribution in [0.4, 0.5) is 0 Å². The molecule has 0 fully saturated rings. The lowest BCUT2D eigenvalue weighted by atomic mass is 9.90. The van der Waals surface area contributed by atoms with Gasteiger partial charge in [-0.2, -0.15) is 0 Å². The summed E-state index contributed by atoms with van der Waals surface area (Å²) >= 11 is 0. The molecule has 2 aromatic carbocycles. The lowest BCUT2D eigenvalue weighted by molar-refractivity contribution is -0.155. The molecule has 1 unspecified atom stereocenters. The first kappa shape index (κ1) is 21.5. The molecule has 2 heterocycles. The normalized spacial score (nSPS) is 16.9. The van der Waals surface area contributed by atoms with Crippen LogP contribution in [0.3, 0.4) is 0 Å². The van der Waals surface area contributed by atoms with Gasteiger partial charge in [0.2, 0.25) is 0 Å². The van der Waals surface area contributed by atoms with Gasteiger partial charge in [0.05, 0.1) is 14.2 Å². The van der Waals surface area contributed by atoms with Gasteiger partial charge in [-0.3, -0.25) is 0 Å². The van der Waals surface area contributed by atoms with Crippen molar-refractivity contribution in [3.63, 3.8) is 0 Å². The second-order valence-corrected chi connectivity index (χ2v) is 8.03. The van der Waals surface area contributed by atoms with Crippen LogP contribution in [0.2, 0.25) is 0 Å². The van der Waals surface area contributed by atoms with Gasteiger partial charge in [0.15, 0.2) is 0 Å². The van der Waals surface area contributed by atoms with E-state index in [0.717, 1.165) is 16.5 Å². The van der Waals surface area contributed by atoms with Gasteiger partial charge in [-0.05, 0) is 49.8 Å². The zero-order chi connectivity index (χ0) is 22.9. The highest BCUT2D eigenvalue weighted by molar-refractivity contribution is 5.88. The van der Waals surface area contributed by atoms with Crippen LogP contribution in [0.5, 0.6) is 17.2 Å². The van der Waals surface area contributed by atoms with E-state index in [-0.39, 0.29) is 0 Å². The molecule has 7 heteroatoms. The van der Waals surface area contributed by atoms with Crippen LogP contribution in [0, 0.1) is 0 Å². The van der Waals surface area contributed by atoms with Crippen LogP contribution in [0.25, 0.3) is 17.0 Å². The summed E-state index contributed by atoms with van der Waals surface area (Å²) in [6, 6.07) is 12.0. The monoisotopic (exact) mass is 436 g/mol. The van der Waals surface area contributed by atoms with Gasteiger partial charge in [-0.1, -0.05) is 0 Å². The Hall–Kier alpha value is -3.74. The van der Waals surface area contributed by atoms with Gasteiger partial charge in [-0.15, -0.1) is 0 Å². The summed E-state index contributed by atoms with van der Waals surface area (Å²) in [5.41, 5.74) is 0.877. The van der Waals surface area contributed by atoms with Gasteiger partial charge in [0.25, 0.3) is 0 Å². The van der Waals surface area contributed by atoms with Crippen LogP contribution >= 0.6 is 0 Å². The molecular weight excluding hydrogens is 412 g/mol. The first-order chi connectivity index (χ1) is 15.3. The smallest absolute Gasteiger partial charge is 0.336 e. The Labute approximate surface area is 185 Å². The average Bonchev–Trinajstić information content (AvgIpc) is 2.76. The standard InChI is InChI=1S/C25H24O7/c1-25(2)22(12-17-11-16-7-10-23(26)30-20(16)14-21(17)32-25)31-24(27)9-6-15-5-8-18(28-3)13-19(15)29-4/h5-11,13-14,22H,12H2,1-4H3. The molecule has 0 amide bonds. The highest BCUT2D eigenvalue weighted by atomic mass is 16.6. The van der Waals surface area contributed by atoms with Crippen molar-refractivity contribution in [2.24, 2.45) is 0 Å². The third-order valence-corrected chi connectivity index (χ3v) is 5.45. The number of esters is 1. The summed E-state index contributed by atoms with van der Waals surface area (Å²) in [5.74, 6) is 1.37. The maximum absolute atomic E-state index is 12.6. The molecule has 1 aliphatic rings. The van der Waals surface area contributed by atoms with Crippen molar-refractivity contribution in [3.8, 4) is 17.2 Å². The van der Waals surface area contributed by atoms with E-state index < -0.39 is 23.3 Å². The number of hydrogen-bond donors (Lipinski definition) is 0. The summed E-state index contributed by atoms with van der Waals surface area (Å²) in [5, 5.41) is 0.781. The van der Waals surface area contributed by atoms with E-state index in [2.05, 4.69) is 0 Å². The quantitative estimate of drug-likeness (QED) is 0.337. The highest BCUT2D eigenvalue weighted by Gasteiger charge is 2.39. The minimum absolute atomic E-state index is 0.417. The Balaban J connectivity index is 1.53. The number of carbonyl (C=O) groups is 1. The molecule has 32 heavy (non-hydrogen) atoms. The number of hydrogen-bond acceptors (Lipinski definition) is 7. The van der Waals surface area contributed by atoms with E-state index in [1.165, 1.54) is 12.1 Å². The Bertz CT molecular complexity index is 1250. The molecule has 7 nitrogen and oxygen atoms in total. The zero-order valence-corrected chi connectivity index (χ0v) is 18.3. The molecule has 0 saturated carbocycles. The predicted octanol–water partition coefficient (Wildman–Crippen LogP) is 4.15. The van der Waals surface area contributed by atoms with E-state index in [4.69, 9.17) is 23.4 Å². The molecule has 166 valence electrons. The average molecular weight is 436 g/mol. The highest BCUT2D eigenvalue weighted by Crippen LogP contribution is 2.37. The first-order valence-electron chi connectivity index (χ1n) is 10.2. The molecule has 1 atom stereocenters. The van der Waals surface area contributed by atoms with Crippen molar-refractivity contribution in [1.29, 1.82) is 0 Å². The SMILES string of the molecule is COc1ccc(C=CC(=O)OC2Cc3cc4ccc(=O)oc4cc3OC2(C)C)c(OC)c1. The third-order valence-electron chi connectivity index (χ3n) is 5.45. The molecule has 1 aliphatic heterocycles. The Kier molecular flexibility index (Phi) is 5.65. The molecule has 3 aromatic rings. The summed E-state index contributed by atoms with van der Waals surface area (Å²) in [4.78, 5) is 24.1. The van der Waals surface area contributed by atoms with Crippen molar-refractivity contribution >= 4 is 23.0 Å². The second kappa shape index (κ2) is 8.42. The Morgan fingerprint density at radius 2 is 1.91 bits per heavy atom. The van der Waals surface area contributed by atoms with Crippen molar-refractivity contribution < 1.29 is 28.2 Å². The number of rotatable bonds is 5. The second-order valence-electron chi connectivity index (χ2n) is 8.03. The van der Waals surface area contributed by atoms with Crippen LogP contribution in [-0.4, -0.2) is 31.9 Å². The maximum Gasteiger partial charge on any atom is 0.336 e. The minimum atomic E-state index is -0.767. The van der Waals surface area contributed by atoms with E-state index in [1.54, 1.807) is 50.6 Å². The van der Waals surface area contributed by atoms with Crippen LogP contribution in [-0.2, 0) is 16.0 Å². The van der Waals surface area contributed by atoms with Crippen molar-refractivity contribution in [2.45, 2.75) is 32.0 Å². The fraction of sp³-hybridized carbons (Fsp3) is 0.280. The number of ether oxygens (including phenoxy) is 4. The Morgan fingerprint density at radius 3 is 2.66 bits per heavy atom. The number of methoxy groups -OCH3 is 2. The van der Waals surface area contributed by atoms with Crippen molar-refractivity contribution in [2.75, 3.05) is 14.2 Å². The molecule has 0 spiro atoms. The zero-order valence-electron chi connectivity index (χ0n) is 18.3. The number of benzene rings is 2. The van der Waals surface area contributed by atoms with Gasteiger partial charge in [0, 0.05) is 41.6 Å². The molecule has 0 bridgehead atoms. The molecule has 0 aliphatic carbocycles. The van der Waals surface area contributed by atoms with Gasteiger partial charge in [0.1, 0.15) is 34.5 Å². The van der Waals surface area contributed by atoms with E-state index >= 15 is 0 Å². The lowest BCUT2D eigenvalue weighted by Crippen LogP contribution is -2.48. The summed E-state index contributed by atoms with van der Waals surface area (Å²) in [6.07, 6.45) is 2.98. The molecular formula is C25H24O7. The molecule has 1 aromatic heterocycles. The predicted molar refractivity (Wildman–Crippen MR) is 119 cm³/mol. The van der Waals surface area contributed by atoms with E-state index in [0.29, 0.717) is 29.3 Å². The topological polar surface area (TPSA) is 84.2 Å². The third kappa shape index (κ3) is 4.32. The molecule has 0 radical (unpaired) electrons. The van der Waals surface area contributed by atoms with Crippen molar-refractivity contribution in [1.82, 2.24) is 0 Å². The first-order valence-corrected chi connectivity index (χ1v) is 10.2. The van der Waals surface area contributed by atoms with Gasteiger partial charge in [-0.25, -0.2) is 9.59 Å².